The zero-order chi connectivity index (χ0) is 12.6. The van der Waals surface area contributed by atoms with Crippen molar-refractivity contribution in [1.82, 2.24) is 0 Å². The predicted molar refractivity (Wildman–Crippen MR) is 57.8 cm³/mol. The van der Waals surface area contributed by atoms with Gasteiger partial charge in [-0.15, -0.1) is 0 Å². The van der Waals surface area contributed by atoms with Gasteiger partial charge in [0.2, 0.25) is 0 Å². The maximum absolute atomic E-state index is 13.9. The van der Waals surface area contributed by atoms with Gasteiger partial charge in [-0.3, -0.25) is 4.79 Å². The highest BCUT2D eigenvalue weighted by molar-refractivity contribution is 5.70. The molecule has 5 heteroatoms. The van der Waals surface area contributed by atoms with Crippen LogP contribution in [0.25, 0.3) is 0 Å². The molecule has 0 unspecified atom stereocenters. The summed E-state index contributed by atoms with van der Waals surface area (Å²) in [7, 11) is 1.37. The molecule has 1 saturated carbocycles. The molecule has 1 aliphatic carbocycles. The number of hydrogen-bond acceptors (Lipinski definition) is 3. The normalized spacial score (nSPS) is 16.6. The highest BCUT2D eigenvalue weighted by Gasteiger charge is 2.49. The highest BCUT2D eigenvalue weighted by atomic mass is 19.1. The molecule has 2 rings (SSSR count). The molecule has 0 aromatic heterocycles. The molecule has 0 aliphatic heterocycles. The Kier molecular flexibility index (Phi) is 2.69. The second-order valence-corrected chi connectivity index (χ2v) is 4.36. The number of phenolic OH excluding ortho intramolecular Hbond substituents is 1. The Hall–Kier alpha value is -1.78. The van der Waals surface area contributed by atoms with Gasteiger partial charge in [0, 0.05) is 23.1 Å². The van der Waals surface area contributed by atoms with Gasteiger partial charge >= 0.3 is 5.97 Å². The SMILES string of the molecule is COc1cc(O)cc(F)c1C1(CC(=O)O)CC1. The third-order valence-corrected chi connectivity index (χ3v) is 3.13. The fraction of sp³-hybridized carbons (Fsp3) is 0.417. The molecule has 1 fully saturated rings. The van der Waals surface area contributed by atoms with E-state index in [9.17, 15) is 14.3 Å². The zero-order valence-electron chi connectivity index (χ0n) is 9.36. The van der Waals surface area contributed by atoms with Gasteiger partial charge in [0.1, 0.15) is 17.3 Å². The van der Waals surface area contributed by atoms with Crippen LogP contribution in [0.4, 0.5) is 4.39 Å². The number of carbonyl (C=O) groups is 1. The highest BCUT2D eigenvalue weighted by Crippen LogP contribution is 2.55. The summed E-state index contributed by atoms with van der Waals surface area (Å²) in [5, 5.41) is 18.1. The number of benzene rings is 1. The molecule has 0 amide bonds. The van der Waals surface area contributed by atoms with Gasteiger partial charge in [-0.25, -0.2) is 4.39 Å². The van der Waals surface area contributed by atoms with Crippen LogP contribution in [0.1, 0.15) is 24.8 Å². The van der Waals surface area contributed by atoms with Crippen LogP contribution < -0.4 is 4.74 Å². The number of rotatable bonds is 4. The molecule has 0 atom stereocenters. The van der Waals surface area contributed by atoms with Gasteiger partial charge in [-0.05, 0) is 12.8 Å². The Bertz CT molecular complexity index is 466. The van der Waals surface area contributed by atoms with Crippen molar-refractivity contribution in [3.05, 3.63) is 23.5 Å². The lowest BCUT2D eigenvalue weighted by molar-refractivity contribution is -0.137. The van der Waals surface area contributed by atoms with Crippen LogP contribution in [0.3, 0.4) is 0 Å². The molecule has 1 aromatic carbocycles. The smallest absolute Gasteiger partial charge is 0.304 e. The van der Waals surface area contributed by atoms with E-state index < -0.39 is 17.2 Å². The van der Waals surface area contributed by atoms with E-state index in [1.165, 1.54) is 13.2 Å². The molecule has 1 aromatic rings. The quantitative estimate of drug-likeness (QED) is 0.845. The summed E-state index contributed by atoms with van der Waals surface area (Å²) < 4.78 is 18.9. The van der Waals surface area contributed by atoms with E-state index in [0.29, 0.717) is 12.8 Å². The molecule has 0 bridgehead atoms. The lowest BCUT2D eigenvalue weighted by Gasteiger charge is -2.18. The molecule has 1 aliphatic rings. The Labute approximate surface area is 97.6 Å². The molecular weight excluding hydrogens is 227 g/mol. The Morgan fingerprint density at radius 3 is 2.65 bits per heavy atom. The number of carboxylic acids is 1. The van der Waals surface area contributed by atoms with Crippen molar-refractivity contribution in [3.63, 3.8) is 0 Å². The van der Waals surface area contributed by atoms with E-state index in [1.54, 1.807) is 0 Å². The number of halogens is 1. The van der Waals surface area contributed by atoms with Gasteiger partial charge in [0.15, 0.2) is 0 Å². The Balaban J connectivity index is 2.48. The number of carboxylic acid groups (broad SMARTS) is 1. The van der Waals surface area contributed by atoms with Gasteiger partial charge in [0.05, 0.1) is 13.5 Å². The lowest BCUT2D eigenvalue weighted by Crippen LogP contribution is -2.16. The van der Waals surface area contributed by atoms with Crippen LogP contribution in [-0.2, 0) is 10.2 Å². The third-order valence-electron chi connectivity index (χ3n) is 3.13. The second kappa shape index (κ2) is 3.91. The van der Waals surface area contributed by atoms with Crippen molar-refractivity contribution in [1.29, 1.82) is 0 Å². The Morgan fingerprint density at radius 1 is 1.53 bits per heavy atom. The zero-order valence-corrected chi connectivity index (χ0v) is 9.36. The van der Waals surface area contributed by atoms with Crippen LogP contribution in [0.5, 0.6) is 11.5 Å². The van der Waals surface area contributed by atoms with E-state index in [2.05, 4.69) is 0 Å². The molecule has 2 N–H and O–H groups in total. The van der Waals surface area contributed by atoms with E-state index >= 15 is 0 Å². The second-order valence-electron chi connectivity index (χ2n) is 4.36. The predicted octanol–water partition coefficient (Wildman–Crippen LogP) is 2.05. The van der Waals surface area contributed by atoms with Gasteiger partial charge in [-0.1, -0.05) is 0 Å². The molecule has 17 heavy (non-hydrogen) atoms. The van der Waals surface area contributed by atoms with Crippen LogP contribution in [-0.4, -0.2) is 23.3 Å². The summed E-state index contributed by atoms with van der Waals surface area (Å²) in [4.78, 5) is 10.8. The first-order valence-electron chi connectivity index (χ1n) is 5.27. The number of ether oxygens (including phenoxy) is 1. The van der Waals surface area contributed by atoms with Crippen LogP contribution >= 0.6 is 0 Å². The third kappa shape index (κ3) is 2.05. The number of aliphatic carboxylic acids is 1. The average Bonchev–Trinajstić information content (AvgIpc) is 2.95. The van der Waals surface area contributed by atoms with Crippen LogP contribution in [0.15, 0.2) is 12.1 Å². The van der Waals surface area contributed by atoms with E-state index in [-0.39, 0.29) is 23.5 Å². The summed E-state index contributed by atoms with van der Waals surface area (Å²) in [5.41, 5.74) is -0.408. The minimum Gasteiger partial charge on any atom is -0.508 e. The minimum absolute atomic E-state index is 0.120. The summed E-state index contributed by atoms with van der Waals surface area (Å²) in [6, 6.07) is 2.29. The summed E-state index contributed by atoms with van der Waals surface area (Å²) in [5.74, 6) is -1.59. The van der Waals surface area contributed by atoms with Gasteiger partial charge in [-0.2, -0.15) is 0 Å². The molecule has 0 spiro atoms. The number of hydrogen-bond donors (Lipinski definition) is 2. The monoisotopic (exact) mass is 240 g/mol. The van der Waals surface area contributed by atoms with Crippen molar-refractivity contribution in [2.24, 2.45) is 0 Å². The fourth-order valence-electron chi connectivity index (χ4n) is 2.20. The lowest BCUT2D eigenvalue weighted by atomic mass is 9.91. The summed E-state index contributed by atoms with van der Waals surface area (Å²) >= 11 is 0. The molecule has 0 radical (unpaired) electrons. The van der Waals surface area contributed by atoms with Crippen LogP contribution in [0, 0.1) is 5.82 Å². The van der Waals surface area contributed by atoms with E-state index in [4.69, 9.17) is 9.84 Å². The van der Waals surface area contributed by atoms with Crippen LogP contribution in [0.2, 0.25) is 0 Å². The number of phenols is 1. The first-order chi connectivity index (χ1) is 7.98. The minimum atomic E-state index is -0.961. The van der Waals surface area contributed by atoms with Gasteiger partial charge in [0.25, 0.3) is 0 Å². The maximum Gasteiger partial charge on any atom is 0.304 e. The molecule has 4 nitrogen and oxygen atoms in total. The largest absolute Gasteiger partial charge is 0.508 e. The molecule has 0 heterocycles. The molecular formula is C12H13FO4. The summed E-state index contributed by atoms with van der Waals surface area (Å²) in [6.45, 7) is 0. The summed E-state index contributed by atoms with van der Waals surface area (Å²) in [6.07, 6.45) is 1.12. The number of aromatic hydroxyl groups is 1. The molecule has 92 valence electrons. The Morgan fingerprint density at radius 2 is 2.18 bits per heavy atom. The van der Waals surface area contributed by atoms with Crippen molar-refractivity contribution in [2.75, 3.05) is 7.11 Å². The van der Waals surface area contributed by atoms with Crippen molar-refractivity contribution in [3.8, 4) is 11.5 Å². The topological polar surface area (TPSA) is 66.8 Å². The average molecular weight is 240 g/mol. The van der Waals surface area contributed by atoms with Crippen molar-refractivity contribution in [2.45, 2.75) is 24.7 Å². The van der Waals surface area contributed by atoms with E-state index in [1.807, 2.05) is 0 Å². The van der Waals surface area contributed by atoms with Crippen molar-refractivity contribution < 1.29 is 24.1 Å². The van der Waals surface area contributed by atoms with E-state index in [0.717, 1.165) is 6.07 Å². The number of methoxy groups -OCH3 is 1. The van der Waals surface area contributed by atoms with Crippen molar-refractivity contribution >= 4 is 5.97 Å². The maximum atomic E-state index is 13.9. The first kappa shape index (κ1) is 11.7. The first-order valence-corrected chi connectivity index (χ1v) is 5.27. The van der Waals surface area contributed by atoms with Gasteiger partial charge < -0.3 is 14.9 Å². The fourth-order valence-corrected chi connectivity index (χ4v) is 2.20. The molecule has 0 saturated heterocycles. The standard InChI is InChI=1S/C12H13FO4/c1-17-9-5-7(14)4-8(13)11(9)12(2-3-12)6-10(15)16/h4-5,14H,2-3,6H2,1H3,(H,15,16).